The Morgan fingerprint density at radius 1 is 1.33 bits per heavy atom. The summed E-state index contributed by atoms with van der Waals surface area (Å²) in [5.41, 5.74) is -0.0182. The Bertz CT molecular complexity index is 529. The van der Waals surface area contributed by atoms with Crippen LogP contribution >= 0.6 is 0 Å². The molecule has 0 amide bonds. The average molecular weight is 254 g/mol. The first-order valence-corrected chi connectivity index (χ1v) is 5.50. The molecule has 1 heterocycles. The topological polar surface area (TPSA) is 46.4 Å². The van der Waals surface area contributed by atoms with Gasteiger partial charge in [0.1, 0.15) is 5.82 Å². The molecule has 0 N–H and O–H groups in total. The van der Waals surface area contributed by atoms with E-state index in [2.05, 4.69) is 0 Å². The molecule has 0 aliphatic carbocycles. The van der Waals surface area contributed by atoms with Crippen molar-refractivity contribution in [2.24, 2.45) is 0 Å². The number of rotatable bonds is 2. The van der Waals surface area contributed by atoms with Crippen LogP contribution in [-0.4, -0.2) is 30.0 Å². The number of nitro groups is 1. The Labute approximate surface area is 103 Å². The Hall–Kier alpha value is -1.82. The van der Waals surface area contributed by atoms with E-state index < -0.39 is 22.2 Å². The molecule has 1 aliphatic heterocycles. The van der Waals surface area contributed by atoms with E-state index >= 15 is 0 Å². The van der Waals surface area contributed by atoms with Crippen LogP contribution in [-0.2, 0) is 0 Å². The first-order valence-electron chi connectivity index (χ1n) is 5.50. The zero-order valence-electron chi connectivity index (χ0n) is 9.82. The monoisotopic (exact) mass is 254 g/mol. The zero-order valence-corrected chi connectivity index (χ0v) is 9.82. The fourth-order valence-corrected chi connectivity index (χ4v) is 1.94. The van der Waals surface area contributed by atoms with E-state index in [0.717, 1.165) is 12.6 Å². The smallest absolute Gasteiger partial charge is 0.302 e. The fourth-order valence-electron chi connectivity index (χ4n) is 1.94. The molecule has 2 rings (SSSR count). The predicted molar refractivity (Wildman–Crippen MR) is 63.1 cm³/mol. The van der Waals surface area contributed by atoms with Crippen LogP contribution < -0.4 is 0 Å². The summed E-state index contributed by atoms with van der Waals surface area (Å²) in [6.07, 6.45) is 2.41. The lowest BCUT2D eigenvalue weighted by Crippen LogP contribution is -2.23. The van der Waals surface area contributed by atoms with E-state index in [0.29, 0.717) is 24.6 Å². The summed E-state index contributed by atoms with van der Waals surface area (Å²) in [5, 5.41) is 10.5. The van der Waals surface area contributed by atoms with Crippen molar-refractivity contribution in [3.63, 3.8) is 0 Å². The van der Waals surface area contributed by atoms with Crippen molar-refractivity contribution in [2.75, 3.05) is 20.1 Å². The number of hydrogen-bond acceptors (Lipinski definition) is 3. The summed E-state index contributed by atoms with van der Waals surface area (Å²) in [4.78, 5) is 11.6. The van der Waals surface area contributed by atoms with Crippen molar-refractivity contribution < 1.29 is 13.7 Å². The molecule has 18 heavy (non-hydrogen) atoms. The number of benzene rings is 1. The number of halogens is 2. The Morgan fingerprint density at radius 3 is 2.61 bits per heavy atom. The van der Waals surface area contributed by atoms with Crippen molar-refractivity contribution in [2.45, 2.75) is 6.42 Å². The molecule has 96 valence electrons. The van der Waals surface area contributed by atoms with Gasteiger partial charge in [-0.05, 0) is 25.1 Å². The molecule has 0 fully saturated rings. The molecule has 1 aromatic carbocycles. The van der Waals surface area contributed by atoms with Gasteiger partial charge < -0.3 is 4.90 Å². The molecule has 0 aromatic heterocycles. The van der Waals surface area contributed by atoms with Gasteiger partial charge >= 0.3 is 5.69 Å². The molecule has 0 spiro atoms. The van der Waals surface area contributed by atoms with Crippen LogP contribution in [0.3, 0.4) is 0 Å². The van der Waals surface area contributed by atoms with Crippen LogP contribution in [0.15, 0.2) is 18.2 Å². The molecule has 1 aliphatic rings. The van der Waals surface area contributed by atoms with Crippen molar-refractivity contribution in [1.29, 1.82) is 0 Å². The highest BCUT2D eigenvalue weighted by Crippen LogP contribution is 2.29. The van der Waals surface area contributed by atoms with Crippen LogP contribution in [0.1, 0.15) is 12.0 Å². The third-order valence-electron chi connectivity index (χ3n) is 2.99. The minimum absolute atomic E-state index is 0.117. The minimum Gasteiger partial charge on any atom is -0.302 e. The second kappa shape index (κ2) is 4.81. The number of likely N-dealkylation sites (N-methyl/N-ethyl adjacent to an activating group) is 1. The van der Waals surface area contributed by atoms with Crippen molar-refractivity contribution in [3.8, 4) is 0 Å². The van der Waals surface area contributed by atoms with E-state index in [1.807, 2.05) is 18.0 Å². The highest BCUT2D eigenvalue weighted by atomic mass is 19.1. The van der Waals surface area contributed by atoms with Gasteiger partial charge in [0.25, 0.3) is 0 Å². The van der Waals surface area contributed by atoms with E-state index in [1.165, 1.54) is 0 Å². The van der Waals surface area contributed by atoms with Crippen LogP contribution in [0, 0.1) is 21.7 Å². The molecule has 6 heteroatoms. The summed E-state index contributed by atoms with van der Waals surface area (Å²) in [6.45, 7) is 1.41. The number of nitro benzene ring substituents is 1. The third kappa shape index (κ3) is 2.38. The lowest BCUT2D eigenvalue weighted by Gasteiger charge is -2.22. The zero-order chi connectivity index (χ0) is 13.3. The van der Waals surface area contributed by atoms with Crippen molar-refractivity contribution in [3.05, 3.63) is 45.5 Å². The maximum absolute atomic E-state index is 13.7. The standard InChI is InChI=1S/C12H12F2N2O2/c1-15-4-2-8(3-5-15)9-6-11(14)12(16(17)18)7-10(9)13/h2,6-7H,3-5H2,1H3. The highest BCUT2D eigenvalue weighted by molar-refractivity contribution is 5.68. The van der Waals surface area contributed by atoms with Crippen LogP contribution in [0.2, 0.25) is 0 Å². The Kier molecular flexibility index (Phi) is 3.38. The summed E-state index contributed by atoms with van der Waals surface area (Å²) in [5.74, 6) is -1.75. The van der Waals surface area contributed by atoms with Gasteiger partial charge in [0.2, 0.25) is 5.82 Å². The second-order valence-corrected chi connectivity index (χ2v) is 4.28. The van der Waals surface area contributed by atoms with Gasteiger partial charge in [0.05, 0.1) is 11.0 Å². The van der Waals surface area contributed by atoms with E-state index in [-0.39, 0.29) is 5.56 Å². The van der Waals surface area contributed by atoms with Crippen LogP contribution in [0.5, 0.6) is 0 Å². The van der Waals surface area contributed by atoms with E-state index in [4.69, 9.17) is 0 Å². The molecule has 0 saturated carbocycles. The maximum atomic E-state index is 13.7. The maximum Gasteiger partial charge on any atom is 0.307 e. The van der Waals surface area contributed by atoms with Gasteiger partial charge in [-0.15, -0.1) is 0 Å². The van der Waals surface area contributed by atoms with Gasteiger partial charge in [0.15, 0.2) is 0 Å². The molecular formula is C12H12F2N2O2. The quantitative estimate of drug-likeness (QED) is 0.602. The SMILES string of the molecule is CN1CC=C(c2cc(F)c([N+](=O)[O-])cc2F)CC1. The number of hydrogen-bond donors (Lipinski definition) is 0. The largest absolute Gasteiger partial charge is 0.307 e. The second-order valence-electron chi connectivity index (χ2n) is 4.28. The number of nitrogens with zero attached hydrogens (tertiary/aromatic N) is 2. The van der Waals surface area contributed by atoms with E-state index in [9.17, 15) is 18.9 Å². The molecule has 4 nitrogen and oxygen atoms in total. The third-order valence-corrected chi connectivity index (χ3v) is 2.99. The van der Waals surface area contributed by atoms with Crippen LogP contribution in [0.4, 0.5) is 14.5 Å². The predicted octanol–water partition coefficient (Wildman–Crippen LogP) is 2.59. The van der Waals surface area contributed by atoms with Gasteiger partial charge in [-0.2, -0.15) is 4.39 Å². The normalized spacial score (nSPS) is 16.5. The lowest BCUT2D eigenvalue weighted by molar-refractivity contribution is -0.387. The molecule has 0 saturated heterocycles. The van der Waals surface area contributed by atoms with Gasteiger partial charge in [0, 0.05) is 18.7 Å². The summed E-state index contributed by atoms with van der Waals surface area (Å²) < 4.78 is 27.2. The Morgan fingerprint density at radius 2 is 2.06 bits per heavy atom. The average Bonchev–Trinajstić information content (AvgIpc) is 2.32. The fraction of sp³-hybridized carbons (Fsp3) is 0.333. The molecule has 0 atom stereocenters. The van der Waals surface area contributed by atoms with Crippen LogP contribution in [0.25, 0.3) is 5.57 Å². The van der Waals surface area contributed by atoms with Gasteiger partial charge in [-0.1, -0.05) is 6.08 Å². The molecule has 0 bridgehead atoms. The Balaban J connectivity index is 2.41. The first kappa shape index (κ1) is 12.6. The van der Waals surface area contributed by atoms with Gasteiger partial charge in [-0.3, -0.25) is 10.1 Å². The molecular weight excluding hydrogens is 242 g/mol. The van der Waals surface area contributed by atoms with E-state index in [1.54, 1.807) is 0 Å². The molecule has 0 radical (unpaired) electrons. The van der Waals surface area contributed by atoms with Gasteiger partial charge in [-0.25, -0.2) is 4.39 Å². The first-order chi connectivity index (χ1) is 8.49. The highest BCUT2D eigenvalue weighted by Gasteiger charge is 2.21. The minimum atomic E-state index is -1.00. The lowest BCUT2D eigenvalue weighted by atomic mass is 9.98. The molecule has 1 aromatic rings. The van der Waals surface area contributed by atoms with Crippen molar-refractivity contribution >= 4 is 11.3 Å². The molecule has 0 unspecified atom stereocenters. The summed E-state index contributed by atoms with van der Waals surface area (Å²) >= 11 is 0. The summed E-state index contributed by atoms with van der Waals surface area (Å²) in [6, 6.07) is 1.55. The summed E-state index contributed by atoms with van der Waals surface area (Å²) in [7, 11) is 1.93. The van der Waals surface area contributed by atoms with Crippen molar-refractivity contribution in [1.82, 2.24) is 4.90 Å².